The summed E-state index contributed by atoms with van der Waals surface area (Å²) in [4.78, 5) is 0. The van der Waals surface area contributed by atoms with Gasteiger partial charge < -0.3 is 11.5 Å². The number of nitrogens with one attached hydrogen (secondary N) is 2. The lowest BCUT2D eigenvalue weighted by Crippen LogP contribution is -2.10. The highest BCUT2D eigenvalue weighted by molar-refractivity contribution is 5.96. The summed E-state index contributed by atoms with van der Waals surface area (Å²) >= 11 is 0. The summed E-state index contributed by atoms with van der Waals surface area (Å²) in [5.41, 5.74) is 16.7. The van der Waals surface area contributed by atoms with E-state index >= 15 is 0 Å². The van der Waals surface area contributed by atoms with Crippen LogP contribution in [-0.4, -0.2) is 11.7 Å². The molecule has 3 rings (SSSR count). The molecule has 0 aromatic heterocycles. The Kier molecular flexibility index (Phi) is 4.12. The maximum Gasteiger partial charge on any atom is 0.122 e. The molecule has 4 nitrogen and oxygen atoms in total. The van der Waals surface area contributed by atoms with Gasteiger partial charge in [0.15, 0.2) is 0 Å². The summed E-state index contributed by atoms with van der Waals surface area (Å²) in [6.07, 6.45) is 0. The van der Waals surface area contributed by atoms with Crippen molar-refractivity contribution in [1.29, 1.82) is 10.8 Å². The van der Waals surface area contributed by atoms with Gasteiger partial charge in [0.25, 0.3) is 0 Å². The molecule has 3 aromatic carbocycles. The van der Waals surface area contributed by atoms with Crippen LogP contribution < -0.4 is 11.5 Å². The predicted molar refractivity (Wildman–Crippen MR) is 99.3 cm³/mol. The summed E-state index contributed by atoms with van der Waals surface area (Å²) in [5, 5.41) is 15.0. The molecule has 3 aromatic rings. The second-order valence-corrected chi connectivity index (χ2v) is 5.56. The Hall–Kier alpha value is -3.40. The predicted octanol–water partition coefficient (Wildman–Crippen LogP) is 3.59. The van der Waals surface area contributed by atoms with Crippen molar-refractivity contribution in [2.45, 2.75) is 0 Å². The van der Waals surface area contributed by atoms with Gasteiger partial charge >= 0.3 is 0 Å². The summed E-state index contributed by atoms with van der Waals surface area (Å²) in [6, 6.07) is 23.5. The van der Waals surface area contributed by atoms with Crippen LogP contribution in [0.4, 0.5) is 0 Å². The van der Waals surface area contributed by atoms with E-state index in [2.05, 4.69) is 12.1 Å². The van der Waals surface area contributed by atoms with E-state index in [0.717, 1.165) is 33.4 Å². The zero-order chi connectivity index (χ0) is 17.1. The first-order valence-electron chi connectivity index (χ1n) is 7.54. The number of benzene rings is 3. The smallest absolute Gasteiger partial charge is 0.122 e. The molecule has 0 spiro atoms. The topological polar surface area (TPSA) is 99.7 Å². The van der Waals surface area contributed by atoms with Crippen LogP contribution >= 0.6 is 0 Å². The molecule has 0 heterocycles. The van der Waals surface area contributed by atoms with Gasteiger partial charge in [0.1, 0.15) is 11.7 Å². The fraction of sp³-hybridized carbons (Fsp3) is 0. The van der Waals surface area contributed by atoms with E-state index in [4.69, 9.17) is 22.3 Å². The van der Waals surface area contributed by atoms with Gasteiger partial charge in [-0.1, -0.05) is 66.7 Å². The van der Waals surface area contributed by atoms with Crippen molar-refractivity contribution < 1.29 is 0 Å². The number of hydrogen-bond donors (Lipinski definition) is 4. The largest absolute Gasteiger partial charge is 0.384 e. The zero-order valence-electron chi connectivity index (χ0n) is 13.1. The van der Waals surface area contributed by atoms with Crippen LogP contribution in [0.1, 0.15) is 11.1 Å². The first kappa shape index (κ1) is 15.5. The molecule has 0 fully saturated rings. The Morgan fingerprint density at radius 3 is 1.50 bits per heavy atom. The number of amidine groups is 2. The summed E-state index contributed by atoms with van der Waals surface area (Å²) < 4.78 is 0. The summed E-state index contributed by atoms with van der Waals surface area (Å²) in [6.45, 7) is 0. The van der Waals surface area contributed by atoms with E-state index in [1.807, 2.05) is 60.7 Å². The zero-order valence-corrected chi connectivity index (χ0v) is 13.1. The Balaban J connectivity index is 1.89. The van der Waals surface area contributed by atoms with Crippen molar-refractivity contribution in [3.63, 3.8) is 0 Å². The fourth-order valence-corrected chi connectivity index (χ4v) is 2.56. The average Bonchev–Trinajstić information content (AvgIpc) is 2.62. The molecular formula is C20H18N4. The minimum atomic E-state index is 0.0685. The Bertz CT molecular complexity index is 894. The van der Waals surface area contributed by atoms with Crippen molar-refractivity contribution in [2.24, 2.45) is 11.5 Å². The van der Waals surface area contributed by atoms with Gasteiger partial charge in [0.05, 0.1) is 0 Å². The highest BCUT2D eigenvalue weighted by Crippen LogP contribution is 2.25. The molecular weight excluding hydrogens is 296 g/mol. The van der Waals surface area contributed by atoms with E-state index in [9.17, 15) is 0 Å². The molecule has 0 atom stereocenters. The van der Waals surface area contributed by atoms with E-state index < -0.39 is 0 Å². The normalized spacial score (nSPS) is 10.3. The van der Waals surface area contributed by atoms with Gasteiger partial charge in [-0.2, -0.15) is 0 Å². The van der Waals surface area contributed by atoms with Gasteiger partial charge in [-0.05, 0) is 28.3 Å². The summed E-state index contributed by atoms with van der Waals surface area (Å²) in [7, 11) is 0. The number of hydrogen-bond acceptors (Lipinski definition) is 2. The van der Waals surface area contributed by atoms with Gasteiger partial charge in [-0.15, -0.1) is 0 Å². The lowest BCUT2D eigenvalue weighted by atomic mass is 9.98. The van der Waals surface area contributed by atoms with Gasteiger partial charge in [-0.3, -0.25) is 10.8 Å². The second kappa shape index (κ2) is 6.38. The summed E-state index contributed by atoms with van der Waals surface area (Å²) in [5.74, 6) is 0.140. The first-order valence-corrected chi connectivity index (χ1v) is 7.54. The fourth-order valence-electron chi connectivity index (χ4n) is 2.56. The van der Waals surface area contributed by atoms with Crippen molar-refractivity contribution in [1.82, 2.24) is 0 Å². The molecule has 0 bridgehead atoms. The second-order valence-electron chi connectivity index (χ2n) is 5.56. The number of nitrogen functional groups attached to an aromatic ring is 2. The number of nitrogens with two attached hydrogens (primary N) is 2. The Morgan fingerprint density at radius 2 is 1.00 bits per heavy atom. The quantitative estimate of drug-likeness (QED) is 0.437. The molecule has 0 radical (unpaired) electrons. The van der Waals surface area contributed by atoms with Crippen molar-refractivity contribution >= 4 is 11.7 Å². The average molecular weight is 314 g/mol. The molecule has 0 saturated heterocycles. The van der Waals surface area contributed by atoms with Gasteiger partial charge in [0, 0.05) is 11.1 Å². The lowest BCUT2D eigenvalue weighted by Gasteiger charge is -2.07. The van der Waals surface area contributed by atoms with Crippen LogP contribution in [0.25, 0.3) is 22.3 Å². The maximum absolute atomic E-state index is 7.54. The van der Waals surface area contributed by atoms with E-state index in [1.54, 1.807) is 0 Å². The molecule has 4 heteroatoms. The third kappa shape index (κ3) is 3.17. The van der Waals surface area contributed by atoms with Crippen LogP contribution in [-0.2, 0) is 0 Å². The van der Waals surface area contributed by atoms with Crippen molar-refractivity contribution in [3.8, 4) is 22.3 Å². The molecule has 0 aliphatic heterocycles. The van der Waals surface area contributed by atoms with Crippen LogP contribution in [0.15, 0.2) is 72.8 Å². The number of rotatable bonds is 4. The minimum absolute atomic E-state index is 0.0685. The van der Waals surface area contributed by atoms with Crippen LogP contribution in [0.3, 0.4) is 0 Å². The van der Waals surface area contributed by atoms with Crippen LogP contribution in [0.2, 0.25) is 0 Å². The van der Waals surface area contributed by atoms with Crippen molar-refractivity contribution in [2.75, 3.05) is 0 Å². The highest BCUT2D eigenvalue weighted by atomic mass is 14.7. The molecule has 6 N–H and O–H groups in total. The molecule has 24 heavy (non-hydrogen) atoms. The Labute approximate surface area is 140 Å². The lowest BCUT2D eigenvalue weighted by molar-refractivity contribution is 1.42. The first-order chi connectivity index (χ1) is 11.5. The van der Waals surface area contributed by atoms with E-state index in [-0.39, 0.29) is 11.7 Å². The standard InChI is InChI=1S/C20H18N4/c21-19(22)16-10-8-14(9-11-16)13-4-6-15(7-5-13)17-2-1-3-18(12-17)20(23)24/h1-12H,(H3,21,22)(H3,23,24). The van der Waals surface area contributed by atoms with Gasteiger partial charge in [0.2, 0.25) is 0 Å². The third-order valence-corrected chi connectivity index (χ3v) is 3.92. The molecule has 0 unspecified atom stereocenters. The molecule has 0 aliphatic rings. The maximum atomic E-state index is 7.54. The monoisotopic (exact) mass is 314 g/mol. The molecule has 0 saturated carbocycles. The van der Waals surface area contributed by atoms with Gasteiger partial charge in [-0.25, -0.2) is 0 Å². The SMILES string of the molecule is N=C(N)c1ccc(-c2ccc(-c3cccc(C(=N)N)c3)cc2)cc1. The third-order valence-electron chi connectivity index (χ3n) is 3.92. The Morgan fingerprint density at radius 1 is 0.542 bits per heavy atom. The van der Waals surface area contributed by atoms with Crippen molar-refractivity contribution in [3.05, 3.63) is 83.9 Å². The van der Waals surface area contributed by atoms with E-state index in [1.165, 1.54) is 0 Å². The molecule has 0 amide bonds. The van der Waals surface area contributed by atoms with E-state index in [0.29, 0.717) is 0 Å². The van der Waals surface area contributed by atoms with Crippen LogP contribution in [0.5, 0.6) is 0 Å². The highest BCUT2D eigenvalue weighted by Gasteiger charge is 2.03. The van der Waals surface area contributed by atoms with Crippen LogP contribution in [0, 0.1) is 10.8 Å². The minimum Gasteiger partial charge on any atom is -0.384 e. The molecule has 118 valence electrons. The molecule has 0 aliphatic carbocycles.